The molecule has 0 aliphatic carbocycles. The van der Waals surface area contributed by atoms with E-state index in [0.717, 1.165) is 5.69 Å². The predicted octanol–water partition coefficient (Wildman–Crippen LogP) is 1.76. The molecule has 0 amide bonds. The van der Waals surface area contributed by atoms with E-state index in [-0.39, 0.29) is 0 Å². The van der Waals surface area contributed by atoms with Crippen LogP contribution in [0.4, 0.5) is 5.69 Å². The smallest absolute Gasteiger partial charge is 0.337 e. The standard InChI is InChI=1S/C13H17NO3/c1-5-12(15)10-8-9(13(16)17-4)6-7-11(10)14(2)3/h5-8,12,15H,1H2,2-4H3. The number of aliphatic hydroxyl groups is 1. The second-order valence-electron chi connectivity index (χ2n) is 3.84. The Kier molecular flexibility index (Phi) is 4.29. The van der Waals surface area contributed by atoms with E-state index < -0.39 is 12.1 Å². The fourth-order valence-corrected chi connectivity index (χ4v) is 1.57. The number of carbonyl (C=O) groups excluding carboxylic acids is 1. The SMILES string of the molecule is C=CC(O)c1cc(C(=O)OC)ccc1N(C)C. The van der Waals surface area contributed by atoms with Gasteiger partial charge in [-0.15, -0.1) is 6.58 Å². The van der Waals surface area contributed by atoms with Gasteiger partial charge in [0.15, 0.2) is 0 Å². The highest BCUT2D eigenvalue weighted by molar-refractivity contribution is 5.90. The minimum Gasteiger partial charge on any atom is -0.465 e. The van der Waals surface area contributed by atoms with Gasteiger partial charge in [-0.25, -0.2) is 4.79 Å². The van der Waals surface area contributed by atoms with E-state index in [2.05, 4.69) is 11.3 Å². The first-order chi connectivity index (χ1) is 8.01. The Morgan fingerprint density at radius 3 is 2.65 bits per heavy atom. The van der Waals surface area contributed by atoms with Crippen molar-refractivity contribution in [2.75, 3.05) is 26.1 Å². The third-order valence-corrected chi connectivity index (χ3v) is 2.47. The van der Waals surface area contributed by atoms with Crippen molar-refractivity contribution in [1.29, 1.82) is 0 Å². The summed E-state index contributed by atoms with van der Waals surface area (Å²) >= 11 is 0. The van der Waals surface area contributed by atoms with Gasteiger partial charge >= 0.3 is 5.97 Å². The van der Waals surface area contributed by atoms with Crippen LogP contribution in [0.2, 0.25) is 0 Å². The first-order valence-corrected chi connectivity index (χ1v) is 5.21. The molecule has 0 saturated carbocycles. The topological polar surface area (TPSA) is 49.8 Å². The number of carbonyl (C=O) groups is 1. The molecule has 4 heteroatoms. The Balaban J connectivity index is 3.28. The molecule has 0 saturated heterocycles. The van der Waals surface area contributed by atoms with Crippen molar-refractivity contribution in [3.63, 3.8) is 0 Å². The molecule has 1 aromatic carbocycles. The van der Waals surface area contributed by atoms with Crippen molar-refractivity contribution >= 4 is 11.7 Å². The maximum atomic E-state index is 11.4. The lowest BCUT2D eigenvalue weighted by molar-refractivity contribution is 0.0600. The second kappa shape index (κ2) is 5.50. The van der Waals surface area contributed by atoms with Crippen LogP contribution in [0.15, 0.2) is 30.9 Å². The van der Waals surface area contributed by atoms with Crippen molar-refractivity contribution < 1.29 is 14.6 Å². The maximum Gasteiger partial charge on any atom is 0.337 e. The van der Waals surface area contributed by atoms with E-state index in [1.807, 2.05) is 19.0 Å². The summed E-state index contributed by atoms with van der Waals surface area (Å²) in [6.45, 7) is 3.55. The highest BCUT2D eigenvalue weighted by Gasteiger charge is 2.15. The van der Waals surface area contributed by atoms with Crippen LogP contribution in [0.25, 0.3) is 0 Å². The summed E-state index contributed by atoms with van der Waals surface area (Å²) in [6.07, 6.45) is 0.612. The highest BCUT2D eigenvalue weighted by Crippen LogP contribution is 2.27. The van der Waals surface area contributed by atoms with Crippen LogP contribution in [0.5, 0.6) is 0 Å². The Morgan fingerprint density at radius 2 is 2.18 bits per heavy atom. The number of benzene rings is 1. The van der Waals surface area contributed by atoms with E-state index in [0.29, 0.717) is 11.1 Å². The van der Waals surface area contributed by atoms with E-state index in [1.165, 1.54) is 13.2 Å². The van der Waals surface area contributed by atoms with Gasteiger partial charge in [0.25, 0.3) is 0 Å². The van der Waals surface area contributed by atoms with Crippen molar-refractivity contribution in [2.24, 2.45) is 0 Å². The fraction of sp³-hybridized carbons (Fsp3) is 0.308. The molecule has 0 aliphatic heterocycles. The van der Waals surface area contributed by atoms with Crippen LogP contribution < -0.4 is 4.90 Å². The summed E-state index contributed by atoms with van der Waals surface area (Å²) in [5.41, 5.74) is 1.88. The molecule has 1 unspecified atom stereocenters. The Bertz CT molecular complexity index is 427. The van der Waals surface area contributed by atoms with Gasteiger partial charge in [-0.1, -0.05) is 6.08 Å². The van der Waals surface area contributed by atoms with Gasteiger partial charge < -0.3 is 14.7 Å². The molecule has 17 heavy (non-hydrogen) atoms. The molecule has 0 bridgehead atoms. The number of aliphatic hydroxyl groups excluding tert-OH is 1. The summed E-state index contributed by atoms with van der Waals surface area (Å²) in [7, 11) is 5.06. The summed E-state index contributed by atoms with van der Waals surface area (Å²) in [5, 5.41) is 9.84. The number of hydrogen-bond donors (Lipinski definition) is 1. The molecule has 1 atom stereocenters. The van der Waals surface area contributed by atoms with Crippen LogP contribution in [0.1, 0.15) is 22.0 Å². The van der Waals surface area contributed by atoms with E-state index in [1.54, 1.807) is 18.2 Å². The van der Waals surface area contributed by atoms with Crippen LogP contribution in [0.3, 0.4) is 0 Å². The lowest BCUT2D eigenvalue weighted by Crippen LogP contribution is -2.14. The molecule has 1 aromatic rings. The van der Waals surface area contributed by atoms with Gasteiger partial charge in [-0.3, -0.25) is 0 Å². The molecule has 0 aliphatic rings. The molecule has 4 nitrogen and oxygen atoms in total. The van der Waals surface area contributed by atoms with Crippen molar-refractivity contribution in [1.82, 2.24) is 0 Å². The predicted molar refractivity (Wildman–Crippen MR) is 67.3 cm³/mol. The Morgan fingerprint density at radius 1 is 1.53 bits per heavy atom. The zero-order valence-corrected chi connectivity index (χ0v) is 10.3. The summed E-state index contributed by atoms with van der Waals surface area (Å²) < 4.78 is 4.64. The fourth-order valence-electron chi connectivity index (χ4n) is 1.57. The highest BCUT2D eigenvalue weighted by atomic mass is 16.5. The molecule has 1 N–H and O–H groups in total. The van der Waals surface area contributed by atoms with Crippen LogP contribution in [-0.4, -0.2) is 32.3 Å². The molecule has 0 spiro atoms. The van der Waals surface area contributed by atoms with Gasteiger partial charge in [0.2, 0.25) is 0 Å². The summed E-state index contributed by atoms with van der Waals surface area (Å²) in [6, 6.07) is 5.06. The van der Waals surface area contributed by atoms with Crippen molar-refractivity contribution in [3.8, 4) is 0 Å². The second-order valence-corrected chi connectivity index (χ2v) is 3.84. The quantitative estimate of drug-likeness (QED) is 0.638. The zero-order valence-electron chi connectivity index (χ0n) is 10.3. The van der Waals surface area contributed by atoms with Gasteiger partial charge in [0, 0.05) is 25.3 Å². The average Bonchev–Trinajstić information content (AvgIpc) is 2.35. The average molecular weight is 235 g/mol. The lowest BCUT2D eigenvalue weighted by atomic mass is 10.0. The minimum atomic E-state index is -0.808. The van der Waals surface area contributed by atoms with Gasteiger partial charge in [0.05, 0.1) is 18.8 Å². The van der Waals surface area contributed by atoms with E-state index in [4.69, 9.17) is 0 Å². The monoisotopic (exact) mass is 235 g/mol. The molecule has 0 radical (unpaired) electrons. The van der Waals surface area contributed by atoms with Crippen molar-refractivity contribution in [2.45, 2.75) is 6.10 Å². The molecule has 0 fully saturated rings. The number of anilines is 1. The largest absolute Gasteiger partial charge is 0.465 e. The molecule has 1 rings (SSSR count). The molecular formula is C13H17NO3. The van der Waals surface area contributed by atoms with Crippen LogP contribution in [-0.2, 0) is 4.74 Å². The third kappa shape index (κ3) is 2.85. The summed E-state index contributed by atoms with van der Waals surface area (Å²) in [4.78, 5) is 13.3. The first kappa shape index (κ1) is 13.3. The zero-order chi connectivity index (χ0) is 13.0. The molecule has 92 valence electrons. The van der Waals surface area contributed by atoms with Gasteiger partial charge in [0.1, 0.15) is 0 Å². The normalized spacial score (nSPS) is 11.8. The Hall–Kier alpha value is -1.81. The van der Waals surface area contributed by atoms with Gasteiger partial charge in [-0.05, 0) is 18.2 Å². The molecule has 0 heterocycles. The molecule has 0 aromatic heterocycles. The maximum absolute atomic E-state index is 11.4. The van der Waals surface area contributed by atoms with E-state index in [9.17, 15) is 9.90 Å². The number of ether oxygens (including phenoxy) is 1. The van der Waals surface area contributed by atoms with Gasteiger partial charge in [-0.2, -0.15) is 0 Å². The number of methoxy groups -OCH3 is 1. The molecular weight excluding hydrogens is 218 g/mol. The minimum absolute atomic E-state index is 0.411. The number of esters is 1. The summed E-state index contributed by atoms with van der Waals surface area (Å²) in [5.74, 6) is -0.423. The van der Waals surface area contributed by atoms with Crippen molar-refractivity contribution in [3.05, 3.63) is 42.0 Å². The Labute approximate surface area is 101 Å². The number of nitrogens with zero attached hydrogens (tertiary/aromatic N) is 1. The number of hydrogen-bond acceptors (Lipinski definition) is 4. The lowest BCUT2D eigenvalue weighted by Gasteiger charge is -2.20. The van der Waals surface area contributed by atoms with Crippen LogP contribution in [0, 0.1) is 0 Å². The van der Waals surface area contributed by atoms with Crippen LogP contribution >= 0.6 is 0 Å². The first-order valence-electron chi connectivity index (χ1n) is 5.21. The third-order valence-electron chi connectivity index (χ3n) is 2.47. The van der Waals surface area contributed by atoms with E-state index >= 15 is 0 Å². The number of rotatable bonds is 4.